The average molecular weight is 502 g/mol. The highest BCUT2D eigenvalue weighted by Crippen LogP contribution is 2.35. The summed E-state index contributed by atoms with van der Waals surface area (Å²) in [5, 5.41) is 2.20. The number of hydrogen-bond acceptors (Lipinski definition) is 6. The Labute approximate surface area is 201 Å². The third-order valence-corrected chi connectivity index (χ3v) is 5.29. The highest BCUT2D eigenvalue weighted by Gasteiger charge is 2.40. The third-order valence-electron chi connectivity index (χ3n) is 4.94. The summed E-state index contributed by atoms with van der Waals surface area (Å²) < 4.78 is 44.4. The lowest BCUT2D eigenvalue weighted by molar-refractivity contribution is -0.137. The molecule has 0 saturated carbocycles. The second kappa shape index (κ2) is 9.15. The summed E-state index contributed by atoms with van der Waals surface area (Å²) in [6.07, 6.45) is -4.66. The van der Waals surface area contributed by atoms with Crippen molar-refractivity contribution >= 4 is 46.4 Å². The Morgan fingerprint density at radius 2 is 1.60 bits per heavy atom. The van der Waals surface area contributed by atoms with Crippen LogP contribution in [0.25, 0.3) is 0 Å². The molecule has 7 nitrogen and oxygen atoms in total. The number of imide groups is 1. The van der Waals surface area contributed by atoms with Crippen LogP contribution in [0.5, 0.6) is 5.75 Å². The summed E-state index contributed by atoms with van der Waals surface area (Å²) in [6, 6.07) is 15.7. The number of nitrogens with two attached hydrogens (primary N) is 1. The lowest BCUT2D eigenvalue weighted by Gasteiger charge is -2.17. The lowest BCUT2D eigenvalue weighted by atomic mass is 10.2. The number of nitrogens with one attached hydrogen (secondary N) is 1. The van der Waals surface area contributed by atoms with Crippen LogP contribution in [0.4, 0.5) is 30.2 Å². The fourth-order valence-corrected chi connectivity index (χ4v) is 3.42. The van der Waals surface area contributed by atoms with Crippen molar-refractivity contribution in [2.45, 2.75) is 6.18 Å². The number of alkyl halides is 3. The van der Waals surface area contributed by atoms with E-state index in [1.54, 1.807) is 12.1 Å². The number of rotatable bonds is 5. The van der Waals surface area contributed by atoms with Crippen molar-refractivity contribution in [1.82, 2.24) is 0 Å². The fourth-order valence-electron chi connectivity index (χ4n) is 3.20. The lowest BCUT2D eigenvalue weighted by Crippen LogP contribution is -2.32. The summed E-state index contributed by atoms with van der Waals surface area (Å²) in [4.78, 5) is 38.2. The van der Waals surface area contributed by atoms with Gasteiger partial charge in [0.15, 0.2) is 0 Å². The van der Waals surface area contributed by atoms with Crippen LogP contribution in [0.3, 0.4) is 0 Å². The summed E-state index contributed by atoms with van der Waals surface area (Å²) in [7, 11) is 0. The smallest absolute Gasteiger partial charge is 0.416 e. The van der Waals surface area contributed by atoms with E-state index in [2.05, 4.69) is 5.32 Å². The molecule has 0 radical (unpaired) electrons. The summed E-state index contributed by atoms with van der Waals surface area (Å²) in [6.45, 7) is 0. The van der Waals surface area contributed by atoms with Gasteiger partial charge in [-0.05, 0) is 66.7 Å². The number of amides is 2. The maximum absolute atomic E-state index is 13.0. The van der Waals surface area contributed by atoms with E-state index in [0.717, 1.165) is 12.1 Å². The molecule has 1 aliphatic heterocycles. The monoisotopic (exact) mass is 501 g/mol. The number of benzene rings is 3. The number of nitrogen functional groups attached to an aromatic ring is 1. The predicted molar refractivity (Wildman–Crippen MR) is 123 cm³/mol. The van der Waals surface area contributed by atoms with Gasteiger partial charge in [0.25, 0.3) is 11.8 Å². The SMILES string of the molecule is Nc1ccc(OC(=O)c2ccc(NC3=C(Cl)C(=O)N(c4cccc(C(F)(F)F)c4)C3=O)cc2)cc1. The second-order valence-electron chi connectivity index (χ2n) is 7.34. The molecule has 3 aromatic rings. The van der Waals surface area contributed by atoms with Crippen molar-refractivity contribution < 1.29 is 32.3 Å². The molecule has 3 N–H and O–H groups in total. The van der Waals surface area contributed by atoms with Gasteiger partial charge in [-0.3, -0.25) is 9.59 Å². The van der Waals surface area contributed by atoms with Crippen LogP contribution in [-0.4, -0.2) is 17.8 Å². The number of esters is 1. The Kier molecular flexibility index (Phi) is 6.23. The van der Waals surface area contributed by atoms with E-state index >= 15 is 0 Å². The van der Waals surface area contributed by atoms with Crippen molar-refractivity contribution in [3.8, 4) is 5.75 Å². The molecule has 178 valence electrons. The fraction of sp³-hybridized carbons (Fsp3) is 0.0417. The zero-order chi connectivity index (χ0) is 25.3. The molecule has 2 amide bonds. The van der Waals surface area contributed by atoms with E-state index in [9.17, 15) is 27.6 Å². The van der Waals surface area contributed by atoms with Gasteiger partial charge in [-0.1, -0.05) is 17.7 Å². The zero-order valence-electron chi connectivity index (χ0n) is 17.6. The van der Waals surface area contributed by atoms with Crippen LogP contribution < -0.4 is 20.7 Å². The van der Waals surface area contributed by atoms with E-state index in [1.807, 2.05) is 0 Å². The first-order valence-corrected chi connectivity index (χ1v) is 10.3. The molecule has 0 spiro atoms. The molecule has 11 heteroatoms. The summed E-state index contributed by atoms with van der Waals surface area (Å²) >= 11 is 6.03. The minimum Gasteiger partial charge on any atom is -0.423 e. The molecule has 35 heavy (non-hydrogen) atoms. The summed E-state index contributed by atoms with van der Waals surface area (Å²) in [5.41, 5.74) is 5.00. The van der Waals surface area contributed by atoms with Crippen molar-refractivity contribution in [2.75, 3.05) is 16.0 Å². The van der Waals surface area contributed by atoms with Crippen LogP contribution in [0.1, 0.15) is 15.9 Å². The van der Waals surface area contributed by atoms with Crippen LogP contribution >= 0.6 is 11.6 Å². The molecule has 0 bridgehead atoms. The van der Waals surface area contributed by atoms with Gasteiger partial charge >= 0.3 is 12.1 Å². The molecule has 0 atom stereocenters. The van der Waals surface area contributed by atoms with E-state index in [4.69, 9.17) is 22.1 Å². The zero-order valence-corrected chi connectivity index (χ0v) is 18.4. The first kappa shape index (κ1) is 23.8. The van der Waals surface area contributed by atoms with Crippen LogP contribution in [-0.2, 0) is 15.8 Å². The average Bonchev–Trinajstić information content (AvgIpc) is 3.03. The van der Waals surface area contributed by atoms with Crippen LogP contribution in [0.15, 0.2) is 83.5 Å². The first-order chi connectivity index (χ1) is 16.5. The van der Waals surface area contributed by atoms with E-state index < -0.39 is 34.6 Å². The van der Waals surface area contributed by atoms with Gasteiger partial charge in [-0.15, -0.1) is 0 Å². The van der Waals surface area contributed by atoms with Gasteiger partial charge in [0.1, 0.15) is 16.5 Å². The molecule has 0 fully saturated rings. The molecule has 1 heterocycles. The van der Waals surface area contributed by atoms with Gasteiger partial charge in [0.05, 0.1) is 16.8 Å². The molecule has 0 aromatic heterocycles. The summed E-state index contributed by atoms with van der Waals surface area (Å²) in [5.74, 6) is -2.23. The van der Waals surface area contributed by atoms with Gasteiger partial charge in [0.2, 0.25) is 0 Å². The van der Waals surface area contributed by atoms with Gasteiger partial charge in [-0.2, -0.15) is 13.2 Å². The second-order valence-corrected chi connectivity index (χ2v) is 7.72. The third kappa shape index (κ3) is 4.97. The number of halogens is 4. The predicted octanol–water partition coefficient (Wildman–Crippen LogP) is 4.94. The largest absolute Gasteiger partial charge is 0.423 e. The Hall–Kier alpha value is -4.31. The molecule has 0 aliphatic carbocycles. The molecule has 1 aliphatic rings. The maximum atomic E-state index is 13.0. The number of hydrogen-bond donors (Lipinski definition) is 2. The van der Waals surface area contributed by atoms with Gasteiger partial charge in [-0.25, -0.2) is 9.69 Å². The number of anilines is 3. The minimum atomic E-state index is -4.66. The van der Waals surface area contributed by atoms with E-state index in [-0.39, 0.29) is 16.9 Å². The number of ether oxygens (including phenoxy) is 1. The Balaban J connectivity index is 1.49. The topological polar surface area (TPSA) is 102 Å². The first-order valence-electron chi connectivity index (χ1n) is 9.95. The highest BCUT2D eigenvalue weighted by atomic mass is 35.5. The van der Waals surface area contributed by atoms with E-state index in [0.29, 0.717) is 28.1 Å². The van der Waals surface area contributed by atoms with Crippen molar-refractivity contribution in [1.29, 1.82) is 0 Å². The minimum absolute atomic E-state index is 0.201. The Morgan fingerprint density at radius 1 is 0.943 bits per heavy atom. The van der Waals surface area contributed by atoms with Crippen molar-refractivity contribution in [3.05, 3.63) is 94.7 Å². The standard InChI is InChI=1S/C24H15ClF3N3O4/c25-19-20(22(33)31(21(19)32)17-3-1-2-14(12-17)24(26,27)28)30-16-8-4-13(5-9-16)23(34)35-18-10-6-15(29)7-11-18/h1-12,30H,29H2. The van der Waals surface area contributed by atoms with Crippen molar-refractivity contribution in [3.63, 3.8) is 0 Å². The van der Waals surface area contributed by atoms with Crippen LogP contribution in [0.2, 0.25) is 0 Å². The Morgan fingerprint density at radius 3 is 2.23 bits per heavy atom. The van der Waals surface area contributed by atoms with Crippen LogP contribution in [0, 0.1) is 0 Å². The van der Waals surface area contributed by atoms with Gasteiger partial charge < -0.3 is 15.8 Å². The molecule has 4 rings (SSSR count). The Bertz CT molecular complexity index is 1350. The molecule has 3 aromatic carbocycles. The number of nitrogens with zero attached hydrogens (tertiary/aromatic N) is 1. The quantitative estimate of drug-likeness (QED) is 0.222. The molecule has 0 unspecified atom stereocenters. The van der Waals surface area contributed by atoms with Gasteiger partial charge in [0, 0.05) is 11.4 Å². The normalized spacial score (nSPS) is 13.9. The number of carbonyl (C=O) groups is 3. The van der Waals surface area contributed by atoms with E-state index in [1.165, 1.54) is 42.5 Å². The van der Waals surface area contributed by atoms with Crippen molar-refractivity contribution in [2.24, 2.45) is 0 Å². The molecule has 0 saturated heterocycles. The highest BCUT2D eigenvalue weighted by molar-refractivity contribution is 6.53. The maximum Gasteiger partial charge on any atom is 0.416 e. The number of carbonyl (C=O) groups excluding carboxylic acids is 3. The molecular formula is C24H15ClF3N3O4. The molecular weight excluding hydrogens is 487 g/mol.